The van der Waals surface area contributed by atoms with Gasteiger partial charge in [-0.05, 0) is 24.0 Å². The van der Waals surface area contributed by atoms with Crippen LogP contribution in [0.25, 0.3) is 21.3 Å². The first-order chi connectivity index (χ1) is 15.5. The van der Waals surface area contributed by atoms with E-state index in [0.717, 1.165) is 16.0 Å². The summed E-state index contributed by atoms with van der Waals surface area (Å²) in [6, 6.07) is 20.0. The lowest BCUT2D eigenvalue weighted by atomic mass is 10.0. The second kappa shape index (κ2) is 10.1. The molecule has 0 saturated carbocycles. The highest BCUT2D eigenvalue weighted by Gasteiger charge is 2.17. The molecule has 0 unspecified atom stereocenters. The molecule has 2 N–H and O–H groups in total. The van der Waals surface area contributed by atoms with Gasteiger partial charge in [-0.25, -0.2) is 4.98 Å². The molecule has 0 saturated heterocycles. The number of thiophene rings is 1. The van der Waals surface area contributed by atoms with Crippen LogP contribution >= 0.6 is 23.1 Å². The summed E-state index contributed by atoms with van der Waals surface area (Å²) < 4.78 is 0. The van der Waals surface area contributed by atoms with E-state index in [-0.39, 0.29) is 22.6 Å². The molecule has 0 aliphatic rings. The molecule has 0 spiro atoms. The summed E-state index contributed by atoms with van der Waals surface area (Å²) in [5, 5.41) is 5.38. The topological polar surface area (TPSA) is 74.8 Å². The zero-order valence-corrected chi connectivity index (χ0v) is 19.6. The molecule has 0 aliphatic heterocycles. The van der Waals surface area contributed by atoms with Crippen LogP contribution < -0.4 is 10.9 Å². The fourth-order valence-corrected chi connectivity index (χ4v) is 5.21. The SMILES string of the molecule is C[C@H](SCc1nc2scc(-c3ccccc3)c2c(=O)[nH]1)C(=O)NC[C@H](C)c1ccccc1. The maximum atomic E-state index is 12.8. The van der Waals surface area contributed by atoms with Gasteiger partial charge in [0, 0.05) is 17.5 Å². The van der Waals surface area contributed by atoms with Crippen LogP contribution in [0.1, 0.15) is 31.2 Å². The Bertz CT molecular complexity index is 1250. The van der Waals surface area contributed by atoms with E-state index in [2.05, 4.69) is 34.3 Å². The zero-order chi connectivity index (χ0) is 22.5. The summed E-state index contributed by atoms with van der Waals surface area (Å²) in [6.45, 7) is 4.57. The smallest absolute Gasteiger partial charge is 0.260 e. The van der Waals surface area contributed by atoms with Gasteiger partial charge in [0.15, 0.2) is 0 Å². The quantitative estimate of drug-likeness (QED) is 0.377. The van der Waals surface area contributed by atoms with E-state index in [4.69, 9.17) is 0 Å². The lowest BCUT2D eigenvalue weighted by molar-refractivity contribution is -0.120. The van der Waals surface area contributed by atoms with Crippen LogP contribution in [0.5, 0.6) is 0 Å². The zero-order valence-electron chi connectivity index (χ0n) is 18.0. The summed E-state index contributed by atoms with van der Waals surface area (Å²) in [7, 11) is 0. The Morgan fingerprint density at radius 3 is 2.50 bits per heavy atom. The van der Waals surface area contributed by atoms with Gasteiger partial charge >= 0.3 is 0 Å². The van der Waals surface area contributed by atoms with Gasteiger partial charge < -0.3 is 10.3 Å². The van der Waals surface area contributed by atoms with Crippen LogP contribution in [0.2, 0.25) is 0 Å². The fraction of sp³-hybridized carbons (Fsp3) is 0.240. The molecule has 7 heteroatoms. The maximum absolute atomic E-state index is 12.8. The first kappa shape index (κ1) is 22.3. The third kappa shape index (κ3) is 5.11. The van der Waals surface area contributed by atoms with Gasteiger partial charge in [0.1, 0.15) is 10.7 Å². The predicted molar refractivity (Wildman–Crippen MR) is 134 cm³/mol. The number of fused-ring (bicyclic) bond motifs is 1. The molecule has 0 bridgehead atoms. The third-order valence-corrected chi connectivity index (χ3v) is 7.39. The number of rotatable bonds is 8. The Morgan fingerprint density at radius 2 is 1.78 bits per heavy atom. The van der Waals surface area contributed by atoms with E-state index in [9.17, 15) is 9.59 Å². The summed E-state index contributed by atoms with van der Waals surface area (Å²) in [5.74, 6) is 1.29. The lowest BCUT2D eigenvalue weighted by Gasteiger charge is -2.16. The number of hydrogen-bond donors (Lipinski definition) is 2. The van der Waals surface area contributed by atoms with E-state index < -0.39 is 0 Å². The largest absolute Gasteiger partial charge is 0.355 e. The normalized spacial score (nSPS) is 13.1. The molecule has 2 aromatic carbocycles. The van der Waals surface area contributed by atoms with Crippen molar-refractivity contribution in [1.29, 1.82) is 0 Å². The van der Waals surface area contributed by atoms with E-state index in [1.54, 1.807) is 0 Å². The molecule has 5 nitrogen and oxygen atoms in total. The Hall–Kier alpha value is -2.90. The standard InChI is InChI=1S/C25H25N3O2S2/c1-16(18-9-5-3-6-10-18)13-26-23(29)17(2)31-15-21-27-24(30)22-20(14-32-25(22)28-21)19-11-7-4-8-12-19/h3-12,14,16-17H,13,15H2,1-2H3,(H,26,29)(H,27,28,30)/t16-,17-/m0/s1. The molecule has 0 aliphatic carbocycles. The Labute approximate surface area is 195 Å². The molecule has 1 amide bonds. The summed E-state index contributed by atoms with van der Waals surface area (Å²) in [6.07, 6.45) is 0. The van der Waals surface area contributed by atoms with Crippen molar-refractivity contribution in [3.8, 4) is 11.1 Å². The van der Waals surface area contributed by atoms with Crippen LogP contribution in [0.15, 0.2) is 70.8 Å². The summed E-state index contributed by atoms with van der Waals surface area (Å²) in [4.78, 5) is 33.5. The number of carbonyl (C=O) groups is 1. The Balaban J connectivity index is 1.37. The number of carbonyl (C=O) groups excluding carboxylic acids is 1. The van der Waals surface area contributed by atoms with Crippen LogP contribution in [-0.2, 0) is 10.5 Å². The first-order valence-electron chi connectivity index (χ1n) is 10.5. The van der Waals surface area contributed by atoms with Gasteiger partial charge in [0.25, 0.3) is 5.56 Å². The number of H-pyrrole nitrogens is 1. The highest BCUT2D eigenvalue weighted by Crippen LogP contribution is 2.30. The van der Waals surface area contributed by atoms with Crippen molar-refractivity contribution in [2.75, 3.05) is 6.54 Å². The first-order valence-corrected chi connectivity index (χ1v) is 12.5. The van der Waals surface area contributed by atoms with Crippen molar-refractivity contribution in [2.45, 2.75) is 30.8 Å². The van der Waals surface area contributed by atoms with Gasteiger partial charge in [0.05, 0.1) is 16.4 Å². The number of amides is 1. The highest BCUT2D eigenvalue weighted by atomic mass is 32.2. The van der Waals surface area contributed by atoms with Crippen molar-refractivity contribution >= 4 is 39.2 Å². The average Bonchev–Trinajstić information content (AvgIpc) is 3.26. The molecule has 2 atom stereocenters. The Morgan fingerprint density at radius 1 is 1.09 bits per heavy atom. The molecule has 0 fully saturated rings. The molecule has 2 heterocycles. The van der Waals surface area contributed by atoms with E-state index in [1.807, 2.05) is 60.8 Å². The lowest BCUT2D eigenvalue weighted by Crippen LogP contribution is -2.33. The number of benzene rings is 2. The van der Waals surface area contributed by atoms with E-state index in [0.29, 0.717) is 23.5 Å². The predicted octanol–water partition coefficient (Wildman–Crippen LogP) is 5.19. The fourth-order valence-electron chi connectivity index (χ4n) is 3.47. The van der Waals surface area contributed by atoms with Gasteiger partial charge in [-0.15, -0.1) is 23.1 Å². The van der Waals surface area contributed by atoms with Gasteiger partial charge in [-0.3, -0.25) is 9.59 Å². The molecular weight excluding hydrogens is 438 g/mol. The molecule has 2 aromatic heterocycles. The molecule has 32 heavy (non-hydrogen) atoms. The second-order valence-corrected chi connectivity index (χ2v) is 9.91. The molecular formula is C25H25N3O2S2. The van der Waals surface area contributed by atoms with Crippen molar-refractivity contribution in [3.63, 3.8) is 0 Å². The second-order valence-electron chi connectivity index (χ2n) is 7.72. The molecule has 4 rings (SSSR count). The van der Waals surface area contributed by atoms with Crippen LogP contribution in [0, 0.1) is 0 Å². The molecule has 164 valence electrons. The van der Waals surface area contributed by atoms with Crippen molar-refractivity contribution in [3.05, 3.63) is 87.8 Å². The van der Waals surface area contributed by atoms with Gasteiger partial charge in [-0.2, -0.15) is 0 Å². The summed E-state index contributed by atoms with van der Waals surface area (Å²) in [5.41, 5.74) is 2.97. The number of aromatic nitrogens is 2. The van der Waals surface area contributed by atoms with Crippen LogP contribution in [0.4, 0.5) is 0 Å². The monoisotopic (exact) mass is 463 g/mol. The Kier molecular flexibility index (Phi) is 7.07. The number of nitrogens with zero attached hydrogens (tertiary/aromatic N) is 1. The number of aromatic amines is 1. The highest BCUT2D eigenvalue weighted by molar-refractivity contribution is 7.99. The number of nitrogens with one attached hydrogen (secondary N) is 2. The van der Waals surface area contributed by atoms with E-state index in [1.165, 1.54) is 28.7 Å². The summed E-state index contributed by atoms with van der Waals surface area (Å²) >= 11 is 2.93. The van der Waals surface area contributed by atoms with Gasteiger partial charge in [-0.1, -0.05) is 67.6 Å². The maximum Gasteiger partial charge on any atom is 0.260 e. The number of thioether (sulfide) groups is 1. The third-order valence-electron chi connectivity index (χ3n) is 5.37. The molecule has 4 aromatic rings. The van der Waals surface area contributed by atoms with Crippen LogP contribution in [-0.4, -0.2) is 27.7 Å². The minimum absolute atomic E-state index is 0.0105. The molecule has 0 radical (unpaired) electrons. The van der Waals surface area contributed by atoms with Crippen molar-refractivity contribution < 1.29 is 4.79 Å². The minimum Gasteiger partial charge on any atom is -0.355 e. The van der Waals surface area contributed by atoms with Crippen molar-refractivity contribution in [1.82, 2.24) is 15.3 Å². The minimum atomic E-state index is -0.248. The van der Waals surface area contributed by atoms with Crippen molar-refractivity contribution in [2.24, 2.45) is 0 Å². The van der Waals surface area contributed by atoms with Crippen LogP contribution in [0.3, 0.4) is 0 Å². The van der Waals surface area contributed by atoms with Gasteiger partial charge in [0.2, 0.25) is 5.91 Å². The van der Waals surface area contributed by atoms with E-state index >= 15 is 0 Å². The average molecular weight is 464 g/mol. The number of hydrogen-bond acceptors (Lipinski definition) is 5.